The van der Waals surface area contributed by atoms with Gasteiger partial charge in [-0.1, -0.05) is 53.7 Å². The molecule has 0 fully saturated rings. The Morgan fingerprint density at radius 3 is 2.44 bits per heavy atom. The van der Waals surface area contributed by atoms with Crippen molar-refractivity contribution in [3.05, 3.63) is 81.9 Å². The second-order valence-corrected chi connectivity index (χ2v) is 7.04. The Hall–Kier alpha value is -3.26. The van der Waals surface area contributed by atoms with E-state index in [0.717, 1.165) is 16.2 Å². The van der Waals surface area contributed by atoms with Crippen molar-refractivity contribution in [1.29, 1.82) is 0 Å². The van der Waals surface area contributed by atoms with E-state index in [-0.39, 0.29) is 5.69 Å². The lowest BCUT2D eigenvalue weighted by atomic mass is 10.1. The van der Waals surface area contributed by atoms with Crippen molar-refractivity contribution in [2.45, 2.75) is 17.7 Å². The number of nitro groups is 1. The summed E-state index contributed by atoms with van der Waals surface area (Å²) in [5.74, 6) is 1.36. The van der Waals surface area contributed by atoms with E-state index < -0.39 is 4.92 Å². The van der Waals surface area contributed by atoms with Gasteiger partial charge < -0.3 is 0 Å². The lowest BCUT2D eigenvalue weighted by Crippen LogP contribution is -1.96. The first-order valence-electron chi connectivity index (χ1n) is 8.26. The minimum atomic E-state index is -0.398. The number of non-ortho nitro benzene ring substituents is 1. The third-order valence-electron chi connectivity index (χ3n) is 4.08. The zero-order chi connectivity index (χ0) is 18.8. The van der Waals surface area contributed by atoms with E-state index in [1.807, 2.05) is 43.3 Å². The van der Waals surface area contributed by atoms with E-state index in [0.29, 0.717) is 17.2 Å². The number of benzene rings is 2. The standard InChI is InChI=1S/C19H15N5O2S/c1-13-2-6-15(7-3-13)19-21-20-17-10-11-18(22-23(17)19)27-12-14-4-8-16(9-5-14)24(25)26/h2-11H,12H2,1H3. The molecule has 2 aromatic heterocycles. The molecule has 0 saturated carbocycles. The minimum absolute atomic E-state index is 0.0931. The maximum absolute atomic E-state index is 10.7. The molecule has 0 amide bonds. The highest BCUT2D eigenvalue weighted by Crippen LogP contribution is 2.24. The number of aryl methyl sites for hydroxylation is 1. The van der Waals surface area contributed by atoms with Crippen LogP contribution >= 0.6 is 11.8 Å². The molecule has 0 bridgehead atoms. The van der Waals surface area contributed by atoms with Gasteiger partial charge in [-0.15, -0.1) is 10.2 Å². The number of thioether (sulfide) groups is 1. The molecule has 27 heavy (non-hydrogen) atoms. The Labute approximate surface area is 159 Å². The molecule has 7 nitrogen and oxygen atoms in total. The van der Waals surface area contributed by atoms with Gasteiger partial charge in [0.1, 0.15) is 5.03 Å². The topological polar surface area (TPSA) is 86.2 Å². The molecule has 4 aromatic rings. The van der Waals surface area contributed by atoms with Gasteiger partial charge in [-0.25, -0.2) is 0 Å². The van der Waals surface area contributed by atoms with Crippen LogP contribution in [0, 0.1) is 17.0 Å². The van der Waals surface area contributed by atoms with E-state index in [4.69, 9.17) is 0 Å². The molecule has 0 N–H and O–H groups in total. The molecular formula is C19H15N5O2S. The van der Waals surface area contributed by atoms with Crippen LogP contribution in [0.1, 0.15) is 11.1 Å². The van der Waals surface area contributed by atoms with E-state index in [2.05, 4.69) is 15.3 Å². The van der Waals surface area contributed by atoms with Gasteiger partial charge >= 0.3 is 0 Å². The lowest BCUT2D eigenvalue weighted by molar-refractivity contribution is -0.384. The molecule has 0 saturated heterocycles. The average molecular weight is 377 g/mol. The number of aromatic nitrogens is 4. The van der Waals surface area contributed by atoms with Gasteiger partial charge in [0, 0.05) is 23.4 Å². The third-order valence-corrected chi connectivity index (χ3v) is 5.07. The monoisotopic (exact) mass is 377 g/mol. The summed E-state index contributed by atoms with van der Waals surface area (Å²) in [6.45, 7) is 2.04. The van der Waals surface area contributed by atoms with Crippen LogP contribution in [0.15, 0.2) is 65.7 Å². The van der Waals surface area contributed by atoms with Gasteiger partial charge in [0.15, 0.2) is 11.5 Å². The van der Waals surface area contributed by atoms with Crippen LogP contribution in [0.4, 0.5) is 5.69 Å². The molecule has 0 aliphatic heterocycles. The van der Waals surface area contributed by atoms with Crippen LogP contribution in [0.5, 0.6) is 0 Å². The molecule has 4 rings (SSSR count). The second-order valence-electron chi connectivity index (χ2n) is 6.04. The second kappa shape index (κ2) is 7.16. The molecule has 0 atom stereocenters. The predicted molar refractivity (Wildman–Crippen MR) is 104 cm³/mol. The van der Waals surface area contributed by atoms with Crippen LogP contribution in [0.3, 0.4) is 0 Å². The number of nitrogens with zero attached hydrogens (tertiary/aromatic N) is 5. The van der Waals surface area contributed by atoms with Crippen molar-refractivity contribution in [3.63, 3.8) is 0 Å². The summed E-state index contributed by atoms with van der Waals surface area (Å²) in [5, 5.41) is 24.6. The highest BCUT2D eigenvalue weighted by Gasteiger charge is 2.10. The fourth-order valence-corrected chi connectivity index (χ4v) is 3.41. The minimum Gasteiger partial charge on any atom is -0.258 e. The van der Waals surface area contributed by atoms with Crippen LogP contribution < -0.4 is 0 Å². The maximum Gasteiger partial charge on any atom is 0.269 e. The molecule has 0 aliphatic rings. The molecule has 0 aliphatic carbocycles. The molecule has 2 heterocycles. The van der Waals surface area contributed by atoms with E-state index >= 15 is 0 Å². The summed E-state index contributed by atoms with van der Waals surface area (Å²) in [7, 11) is 0. The number of nitro benzene ring substituents is 1. The molecular weight excluding hydrogens is 362 g/mol. The van der Waals surface area contributed by atoms with Gasteiger partial charge in [-0.2, -0.15) is 9.61 Å². The fraction of sp³-hybridized carbons (Fsp3) is 0.105. The van der Waals surface area contributed by atoms with Gasteiger partial charge in [0.05, 0.1) is 4.92 Å². The number of hydrogen-bond donors (Lipinski definition) is 0. The summed E-state index contributed by atoms with van der Waals surface area (Å²) < 4.78 is 1.74. The van der Waals surface area contributed by atoms with Crippen LogP contribution in [0.2, 0.25) is 0 Å². The molecule has 8 heteroatoms. The molecule has 0 radical (unpaired) electrons. The SMILES string of the molecule is Cc1ccc(-c2nnc3ccc(SCc4ccc([N+](=O)[O-])cc4)nn23)cc1. The van der Waals surface area contributed by atoms with Crippen molar-refractivity contribution >= 4 is 23.1 Å². The number of fused-ring (bicyclic) bond motifs is 1. The summed E-state index contributed by atoms with van der Waals surface area (Å²) in [6.07, 6.45) is 0. The molecule has 2 aromatic carbocycles. The highest BCUT2D eigenvalue weighted by molar-refractivity contribution is 7.98. The van der Waals surface area contributed by atoms with Crippen LogP contribution in [-0.4, -0.2) is 24.7 Å². The Balaban J connectivity index is 1.56. The summed E-state index contributed by atoms with van der Waals surface area (Å²) in [6, 6.07) is 18.4. The Morgan fingerprint density at radius 2 is 1.74 bits per heavy atom. The maximum atomic E-state index is 10.7. The first kappa shape index (κ1) is 17.2. The average Bonchev–Trinajstić information content (AvgIpc) is 3.10. The highest BCUT2D eigenvalue weighted by atomic mass is 32.2. The molecule has 134 valence electrons. The normalized spacial score (nSPS) is 11.0. The van der Waals surface area contributed by atoms with Crippen LogP contribution in [-0.2, 0) is 5.75 Å². The summed E-state index contributed by atoms with van der Waals surface area (Å²) in [4.78, 5) is 10.3. The predicted octanol–water partition coefficient (Wildman–Crippen LogP) is 4.30. The van der Waals surface area contributed by atoms with Crippen molar-refractivity contribution in [2.75, 3.05) is 0 Å². The summed E-state index contributed by atoms with van der Waals surface area (Å²) >= 11 is 1.56. The van der Waals surface area contributed by atoms with Crippen molar-refractivity contribution < 1.29 is 4.92 Å². The van der Waals surface area contributed by atoms with Crippen molar-refractivity contribution in [2.24, 2.45) is 0 Å². The van der Waals surface area contributed by atoms with Crippen molar-refractivity contribution in [3.8, 4) is 11.4 Å². The Bertz CT molecular complexity index is 1110. The third kappa shape index (κ3) is 3.65. The van der Waals surface area contributed by atoms with E-state index in [9.17, 15) is 10.1 Å². The Kier molecular flexibility index (Phi) is 4.55. The first-order chi connectivity index (χ1) is 13.1. The molecule has 0 spiro atoms. The molecule has 0 unspecified atom stereocenters. The summed E-state index contributed by atoms with van der Waals surface area (Å²) in [5.41, 5.74) is 3.91. The zero-order valence-corrected chi connectivity index (χ0v) is 15.3. The number of hydrogen-bond acceptors (Lipinski definition) is 6. The fourth-order valence-electron chi connectivity index (χ4n) is 2.60. The first-order valence-corrected chi connectivity index (χ1v) is 9.24. The van der Waals surface area contributed by atoms with Gasteiger partial charge in [0.2, 0.25) is 0 Å². The lowest BCUT2D eigenvalue weighted by Gasteiger charge is -2.04. The Morgan fingerprint density at radius 1 is 1.00 bits per heavy atom. The van der Waals surface area contributed by atoms with Gasteiger partial charge in [0.25, 0.3) is 5.69 Å². The van der Waals surface area contributed by atoms with Crippen LogP contribution in [0.25, 0.3) is 17.0 Å². The smallest absolute Gasteiger partial charge is 0.258 e. The van der Waals surface area contributed by atoms with Crippen molar-refractivity contribution in [1.82, 2.24) is 19.8 Å². The largest absolute Gasteiger partial charge is 0.269 e. The van der Waals surface area contributed by atoms with E-state index in [1.165, 1.54) is 17.7 Å². The zero-order valence-electron chi connectivity index (χ0n) is 14.4. The van der Waals surface area contributed by atoms with E-state index in [1.54, 1.807) is 28.4 Å². The van der Waals surface area contributed by atoms with Gasteiger partial charge in [-0.05, 0) is 24.6 Å². The van der Waals surface area contributed by atoms with Gasteiger partial charge in [-0.3, -0.25) is 10.1 Å². The number of rotatable bonds is 5. The quantitative estimate of drug-likeness (QED) is 0.293.